The second-order valence-electron chi connectivity index (χ2n) is 5.61. The van der Waals surface area contributed by atoms with Gasteiger partial charge in [0.05, 0.1) is 11.2 Å². The third-order valence-electron chi connectivity index (χ3n) is 2.77. The van der Waals surface area contributed by atoms with E-state index in [0.717, 1.165) is 11.8 Å². The number of nitro groups is 1. The lowest BCUT2D eigenvalue weighted by Gasteiger charge is -2.25. The molecule has 0 amide bonds. The van der Waals surface area contributed by atoms with Gasteiger partial charge in [-0.3, -0.25) is 10.1 Å². The van der Waals surface area contributed by atoms with E-state index in [9.17, 15) is 18.5 Å². The average molecular weight is 315 g/mol. The molecule has 0 fully saturated rings. The van der Waals surface area contributed by atoms with E-state index in [1.165, 1.54) is 12.1 Å². The highest BCUT2D eigenvalue weighted by Gasteiger charge is 2.21. The molecule has 1 aromatic rings. The van der Waals surface area contributed by atoms with Gasteiger partial charge >= 0.3 is 0 Å². The van der Waals surface area contributed by atoms with Crippen molar-refractivity contribution in [3.63, 3.8) is 0 Å². The number of sulfonamides is 1. The molecule has 0 bridgehead atoms. The first-order valence-corrected chi connectivity index (χ1v) is 8.41. The monoisotopic (exact) mass is 315 g/mol. The van der Waals surface area contributed by atoms with Gasteiger partial charge < -0.3 is 5.32 Å². The molecule has 0 radical (unpaired) electrons. The summed E-state index contributed by atoms with van der Waals surface area (Å²) in [5.74, 6) is 0. The van der Waals surface area contributed by atoms with Gasteiger partial charge in [-0.2, -0.15) is 0 Å². The van der Waals surface area contributed by atoms with Gasteiger partial charge in [0.1, 0.15) is 0 Å². The van der Waals surface area contributed by atoms with E-state index in [1.807, 2.05) is 0 Å². The molecule has 1 aromatic carbocycles. The van der Waals surface area contributed by atoms with Crippen LogP contribution in [0, 0.1) is 10.1 Å². The van der Waals surface area contributed by atoms with Crippen LogP contribution in [0.15, 0.2) is 24.3 Å². The first-order chi connectivity index (χ1) is 9.59. The maximum absolute atomic E-state index is 11.2. The molecule has 0 aliphatic heterocycles. The Morgan fingerprint density at radius 1 is 1.24 bits per heavy atom. The second kappa shape index (κ2) is 6.97. The molecule has 7 nitrogen and oxygen atoms in total. The van der Waals surface area contributed by atoms with Crippen LogP contribution < -0.4 is 10.0 Å². The molecule has 0 unspecified atom stereocenters. The molecule has 21 heavy (non-hydrogen) atoms. The minimum atomic E-state index is -3.24. The Kier molecular flexibility index (Phi) is 5.82. The predicted molar refractivity (Wildman–Crippen MR) is 81.7 cm³/mol. The van der Waals surface area contributed by atoms with Gasteiger partial charge in [-0.15, -0.1) is 0 Å². The van der Waals surface area contributed by atoms with E-state index in [-0.39, 0.29) is 5.69 Å². The van der Waals surface area contributed by atoms with Crippen molar-refractivity contribution in [1.82, 2.24) is 10.0 Å². The van der Waals surface area contributed by atoms with Gasteiger partial charge in [-0.25, -0.2) is 13.1 Å². The van der Waals surface area contributed by atoms with Gasteiger partial charge in [0.25, 0.3) is 5.69 Å². The fourth-order valence-corrected chi connectivity index (χ4v) is 3.03. The van der Waals surface area contributed by atoms with Crippen LogP contribution >= 0.6 is 0 Å². The van der Waals surface area contributed by atoms with Crippen LogP contribution in [0.5, 0.6) is 0 Å². The fraction of sp³-hybridized carbons (Fsp3) is 0.538. The maximum Gasteiger partial charge on any atom is 0.269 e. The van der Waals surface area contributed by atoms with Crippen LogP contribution in [0.2, 0.25) is 0 Å². The van der Waals surface area contributed by atoms with Gasteiger partial charge in [-0.1, -0.05) is 12.1 Å². The van der Waals surface area contributed by atoms with Gasteiger partial charge in [0.2, 0.25) is 10.0 Å². The summed E-state index contributed by atoms with van der Waals surface area (Å²) in [4.78, 5) is 10.1. The van der Waals surface area contributed by atoms with E-state index in [1.54, 1.807) is 26.0 Å². The zero-order chi connectivity index (χ0) is 16.1. The van der Waals surface area contributed by atoms with Crippen LogP contribution in [0.3, 0.4) is 0 Å². The Morgan fingerprint density at radius 3 is 2.29 bits per heavy atom. The smallest absolute Gasteiger partial charge is 0.269 e. The van der Waals surface area contributed by atoms with E-state index in [4.69, 9.17) is 0 Å². The van der Waals surface area contributed by atoms with Gasteiger partial charge in [0.15, 0.2) is 0 Å². The highest BCUT2D eigenvalue weighted by Crippen LogP contribution is 2.12. The molecule has 118 valence electrons. The largest absolute Gasteiger partial charge is 0.315 e. The third kappa shape index (κ3) is 7.16. The highest BCUT2D eigenvalue weighted by atomic mass is 32.2. The SMILES string of the molecule is CC(C)(CNCCc1ccc([N+](=O)[O-])cc1)NS(C)(=O)=O. The standard InChI is InChI=1S/C13H21N3O4S/c1-13(2,15-21(3,19)20)10-14-9-8-11-4-6-12(7-5-11)16(17)18/h4-7,14-15H,8-10H2,1-3H3. The molecular weight excluding hydrogens is 294 g/mol. The summed E-state index contributed by atoms with van der Waals surface area (Å²) in [6.07, 6.45) is 1.85. The lowest BCUT2D eigenvalue weighted by molar-refractivity contribution is -0.384. The normalized spacial score (nSPS) is 12.3. The topological polar surface area (TPSA) is 101 Å². The summed E-state index contributed by atoms with van der Waals surface area (Å²) in [5, 5.41) is 13.7. The highest BCUT2D eigenvalue weighted by molar-refractivity contribution is 7.88. The molecule has 0 aliphatic rings. The summed E-state index contributed by atoms with van der Waals surface area (Å²) in [6.45, 7) is 4.75. The Bertz CT molecular complexity index is 582. The molecule has 0 saturated heterocycles. The molecule has 1 rings (SSSR count). The Hall–Kier alpha value is -1.51. The van der Waals surface area contributed by atoms with Crippen molar-refractivity contribution >= 4 is 15.7 Å². The van der Waals surface area contributed by atoms with E-state index in [2.05, 4.69) is 10.0 Å². The van der Waals surface area contributed by atoms with E-state index < -0.39 is 20.5 Å². The lowest BCUT2D eigenvalue weighted by atomic mass is 10.1. The van der Waals surface area contributed by atoms with Crippen molar-refractivity contribution < 1.29 is 13.3 Å². The van der Waals surface area contributed by atoms with Crippen LogP contribution in [0.4, 0.5) is 5.69 Å². The molecule has 8 heteroatoms. The predicted octanol–water partition coefficient (Wildman–Crippen LogP) is 1.05. The number of benzene rings is 1. The van der Waals surface area contributed by atoms with Gasteiger partial charge in [-0.05, 0) is 32.4 Å². The molecular formula is C13H21N3O4S. The van der Waals surface area contributed by atoms with Crippen molar-refractivity contribution in [1.29, 1.82) is 0 Å². The van der Waals surface area contributed by atoms with Crippen molar-refractivity contribution in [3.8, 4) is 0 Å². The molecule has 0 heterocycles. The first-order valence-electron chi connectivity index (χ1n) is 6.52. The number of nitro benzene ring substituents is 1. The van der Waals surface area contributed by atoms with Crippen molar-refractivity contribution in [3.05, 3.63) is 39.9 Å². The molecule has 0 saturated carbocycles. The van der Waals surface area contributed by atoms with Crippen molar-refractivity contribution in [2.75, 3.05) is 19.3 Å². The number of nitrogens with one attached hydrogen (secondary N) is 2. The average Bonchev–Trinajstić information content (AvgIpc) is 2.32. The summed E-state index contributed by atoms with van der Waals surface area (Å²) in [7, 11) is -3.24. The van der Waals surface area contributed by atoms with E-state index in [0.29, 0.717) is 19.5 Å². The van der Waals surface area contributed by atoms with Crippen LogP contribution in [0.1, 0.15) is 19.4 Å². The molecule has 0 aliphatic carbocycles. The minimum absolute atomic E-state index is 0.0743. The fourth-order valence-electron chi connectivity index (χ4n) is 1.96. The summed E-state index contributed by atoms with van der Waals surface area (Å²) < 4.78 is 24.9. The lowest BCUT2D eigenvalue weighted by Crippen LogP contribution is -2.50. The second-order valence-corrected chi connectivity index (χ2v) is 7.36. The van der Waals surface area contributed by atoms with Crippen LogP contribution in [-0.2, 0) is 16.4 Å². The Morgan fingerprint density at radius 2 is 1.81 bits per heavy atom. The maximum atomic E-state index is 11.2. The van der Waals surface area contributed by atoms with Crippen molar-refractivity contribution in [2.24, 2.45) is 0 Å². The summed E-state index contributed by atoms with van der Waals surface area (Å²) in [5.41, 5.74) is 0.496. The van der Waals surface area contributed by atoms with Crippen LogP contribution in [0.25, 0.3) is 0 Å². The van der Waals surface area contributed by atoms with E-state index >= 15 is 0 Å². The summed E-state index contributed by atoms with van der Waals surface area (Å²) in [6, 6.07) is 6.40. The quantitative estimate of drug-likeness (QED) is 0.424. The molecule has 0 atom stereocenters. The minimum Gasteiger partial charge on any atom is -0.315 e. The number of hydrogen-bond acceptors (Lipinski definition) is 5. The first kappa shape index (κ1) is 17.5. The number of rotatable bonds is 8. The number of non-ortho nitro benzene ring substituents is 1. The Balaban J connectivity index is 2.38. The zero-order valence-electron chi connectivity index (χ0n) is 12.4. The molecule has 2 N–H and O–H groups in total. The van der Waals surface area contributed by atoms with Crippen LogP contribution in [-0.4, -0.2) is 38.2 Å². The third-order valence-corrected chi connectivity index (χ3v) is 3.69. The number of nitrogens with zero attached hydrogens (tertiary/aromatic N) is 1. The Labute approximate surface area is 124 Å². The molecule has 0 aromatic heterocycles. The molecule has 0 spiro atoms. The zero-order valence-corrected chi connectivity index (χ0v) is 13.2. The number of hydrogen-bond donors (Lipinski definition) is 2. The van der Waals surface area contributed by atoms with Gasteiger partial charge in [0, 0.05) is 24.2 Å². The van der Waals surface area contributed by atoms with Crippen molar-refractivity contribution in [2.45, 2.75) is 25.8 Å². The summed E-state index contributed by atoms with van der Waals surface area (Å²) >= 11 is 0.